The summed E-state index contributed by atoms with van der Waals surface area (Å²) in [6.07, 6.45) is -1.90. The molecule has 2 saturated carbocycles. The fraction of sp³-hybridized carbons (Fsp3) is 0.533. The highest BCUT2D eigenvalue weighted by Crippen LogP contribution is 2.53. The summed E-state index contributed by atoms with van der Waals surface area (Å²) in [5, 5.41) is 10.3. The molecule has 3 rings (SSSR count). The highest BCUT2D eigenvalue weighted by molar-refractivity contribution is 5.88. The van der Waals surface area contributed by atoms with Crippen molar-refractivity contribution in [3.63, 3.8) is 0 Å². The standard InChI is InChI=1S/C15H16F2O2/c16-14(17)15(19)8-11(9-4-2-1-3-5-9)10-6-7-12(15)13(10)18/h1-5,10-12,14,19H,6-8H2/t10-,11-,12-,15-/m0/s1. The fourth-order valence-corrected chi connectivity index (χ4v) is 3.71. The Morgan fingerprint density at radius 2 is 1.84 bits per heavy atom. The number of alkyl halides is 2. The summed E-state index contributed by atoms with van der Waals surface area (Å²) in [5.41, 5.74) is -1.27. The van der Waals surface area contributed by atoms with Crippen LogP contribution in [-0.2, 0) is 4.79 Å². The maximum Gasteiger partial charge on any atom is 0.267 e. The second-order valence-electron chi connectivity index (χ2n) is 5.65. The van der Waals surface area contributed by atoms with Gasteiger partial charge in [0.25, 0.3) is 6.43 Å². The van der Waals surface area contributed by atoms with E-state index in [-0.39, 0.29) is 24.0 Å². The first-order valence-electron chi connectivity index (χ1n) is 6.63. The van der Waals surface area contributed by atoms with Gasteiger partial charge < -0.3 is 5.11 Å². The summed E-state index contributed by atoms with van der Waals surface area (Å²) in [6.45, 7) is 0. The molecule has 1 aromatic carbocycles. The van der Waals surface area contributed by atoms with Crippen molar-refractivity contribution in [2.24, 2.45) is 11.8 Å². The molecule has 0 amide bonds. The molecule has 4 atom stereocenters. The molecule has 0 aliphatic heterocycles. The predicted molar refractivity (Wildman–Crippen MR) is 66.0 cm³/mol. The number of halogens is 2. The Morgan fingerprint density at radius 3 is 2.47 bits per heavy atom. The van der Waals surface area contributed by atoms with Crippen molar-refractivity contribution in [3.8, 4) is 0 Å². The summed E-state index contributed by atoms with van der Waals surface area (Å²) >= 11 is 0. The molecule has 1 N–H and O–H groups in total. The summed E-state index contributed by atoms with van der Waals surface area (Å²) in [7, 11) is 0. The molecule has 0 spiro atoms. The van der Waals surface area contributed by atoms with Crippen LogP contribution >= 0.6 is 0 Å². The van der Waals surface area contributed by atoms with Gasteiger partial charge in [0.2, 0.25) is 0 Å². The van der Waals surface area contributed by atoms with Crippen molar-refractivity contribution in [2.45, 2.75) is 37.2 Å². The third-order valence-corrected chi connectivity index (χ3v) is 4.72. The first-order valence-corrected chi connectivity index (χ1v) is 6.63. The molecule has 0 aromatic heterocycles. The van der Waals surface area contributed by atoms with E-state index in [1.807, 2.05) is 30.3 Å². The molecule has 2 bridgehead atoms. The average molecular weight is 266 g/mol. The minimum atomic E-state index is -2.87. The number of benzene rings is 1. The zero-order valence-corrected chi connectivity index (χ0v) is 10.4. The monoisotopic (exact) mass is 266 g/mol. The maximum absolute atomic E-state index is 13.2. The number of rotatable bonds is 2. The Balaban J connectivity index is 2.01. The second kappa shape index (κ2) is 4.37. The van der Waals surface area contributed by atoms with Gasteiger partial charge in [0, 0.05) is 5.92 Å². The van der Waals surface area contributed by atoms with Crippen LogP contribution in [0.15, 0.2) is 30.3 Å². The van der Waals surface area contributed by atoms with Crippen molar-refractivity contribution in [1.29, 1.82) is 0 Å². The van der Waals surface area contributed by atoms with Crippen LogP contribution in [0, 0.1) is 11.8 Å². The Kier molecular flexibility index (Phi) is 2.93. The molecular weight excluding hydrogens is 250 g/mol. The van der Waals surface area contributed by atoms with Gasteiger partial charge in [-0.2, -0.15) is 0 Å². The third-order valence-electron chi connectivity index (χ3n) is 4.72. The quantitative estimate of drug-likeness (QED) is 0.893. The molecule has 0 heterocycles. The number of aliphatic hydroxyl groups is 1. The predicted octanol–water partition coefficient (Wildman–Crippen LogP) is 2.77. The van der Waals surface area contributed by atoms with E-state index in [2.05, 4.69) is 0 Å². The molecule has 2 aliphatic carbocycles. The van der Waals surface area contributed by atoms with Crippen LogP contribution in [0.5, 0.6) is 0 Å². The lowest BCUT2D eigenvalue weighted by molar-refractivity contribution is -0.166. The molecule has 2 fully saturated rings. The Labute approximate surface area is 110 Å². The summed E-state index contributed by atoms with van der Waals surface area (Å²) in [6, 6.07) is 9.22. The van der Waals surface area contributed by atoms with Crippen molar-refractivity contribution < 1.29 is 18.7 Å². The van der Waals surface area contributed by atoms with E-state index < -0.39 is 17.9 Å². The van der Waals surface area contributed by atoms with Gasteiger partial charge in [0.1, 0.15) is 11.4 Å². The molecule has 102 valence electrons. The van der Waals surface area contributed by atoms with Gasteiger partial charge in [0.15, 0.2) is 0 Å². The van der Waals surface area contributed by atoms with E-state index in [1.54, 1.807) is 0 Å². The number of fused-ring (bicyclic) bond motifs is 2. The highest BCUT2D eigenvalue weighted by Gasteiger charge is 2.59. The lowest BCUT2D eigenvalue weighted by Crippen LogP contribution is -2.52. The first-order chi connectivity index (χ1) is 9.04. The second-order valence-corrected chi connectivity index (χ2v) is 5.65. The maximum atomic E-state index is 13.2. The van der Waals surface area contributed by atoms with Gasteiger partial charge in [-0.3, -0.25) is 4.79 Å². The summed E-state index contributed by atoms with van der Waals surface area (Å²) in [4.78, 5) is 12.2. The van der Waals surface area contributed by atoms with Crippen LogP contribution < -0.4 is 0 Å². The number of hydrogen-bond donors (Lipinski definition) is 1. The number of carbonyl (C=O) groups excluding carboxylic acids is 1. The third kappa shape index (κ3) is 1.81. The van der Waals surface area contributed by atoms with Gasteiger partial charge in [-0.15, -0.1) is 0 Å². The van der Waals surface area contributed by atoms with Gasteiger partial charge in [-0.1, -0.05) is 30.3 Å². The molecule has 2 nitrogen and oxygen atoms in total. The van der Waals surface area contributed by atoms with Crippen LogP contribution in [0.2, 0.25) is 0 Å². The van der Waals surface area contributed by atoms with Crippen molar-refractivity contribution in [3.05, 3.63) is 35.9 Å². The van der Waals surface area contributed by atoms with Crippen LogP contribution in [0.25, 0.3) is 0 Å². The minimum absolute atomic E-state index is 0.0181. The van der Waals surface area contributed by atoms with Gasteiger partial charge in [0.05, 0.1) is 5.92 Å². The Hall–Kier alpha value is -1.29. The zero-order chi connectivity index (χ0) is 13.6. The van der Waals surface area contributed by atoms with Crippen LogP contribution in [-0.4, -0.2) is 22.9 Å². The number of Topliss-reactive ketones (excluding diaryl/α,β-unsaturated/α-hetero) is 1. The van der Waals surface area contributed by atoms with E-state index in [1.165, 1.54) is 0 Å². The molecule has 4 heteroatoms. The van der Waals surface area contributed by atoms with E-state index in [0.29, 0.717) is 12.8 Å². The normalized spacial score (nSPS) is 37.9. The Bertz CT molecular complexity index is 488. The SMILES string of the molecule is O=C1[C@H]2CC[C@@H]1[C@](O)(C(F)F)C[C@H]2c1ccccc1. The molecule has 2 aliphatic rings. The summed E-state index contributed by atoms with van der Waals surface area (Å²) in [5.74, 6) is -1.54. The highest BCUT2D eigenvalue weighted by atomic mass is 19.3. The summed E-state index contributed by atoms with van der Waals surface area (Å²) < 4.78 is 26.4. The Morgan fingerprint density at radius 1 is 1.16 bits per heavy atom. The molecule has 0 unspecified atom stereocenters. The smallest absolute Gasteiger partial charge is 0.267 e. The van der Waals surface area contributed by atoms with E-state index in [0.717, 1.165) is 5.56 Å². The van der Waals surface area contributed by atoms with E-state index >= 15 is 0 Å². The number of ketones is 1. The fourth-order valence-electron chi connectivity index (χ4n) is 3.71. The number of hydrogen-bond acceptors (Lipinski definition) is 2. The van der Waals surface area contributed by atoms with Gasteiger partial charge in [-0.05, 0) is 30.7 Å². The average Bonchev–Trinajstić information content (AvgIpc) is 2.69. The van der Waals surface area contributed by atoms with E-state index in [4.69, 9.17) is 0 Å². The lowest BCUT2D eigenvalue weighted by Gasteiger charge is -2.40. The van der Waals surface area contributed by atoms with Crippen LogP contribution in [0.4, 0.5) is 8.78 Å². The van der Waals surface area contributed by atoms with Crippen molar-refractivity contribution in [1.82, 2.24) is 0 Å². The molecule has 1 aromatic rings. The van der Waals surface area contributed by atoms with Crippen LogP contribution in [0.3, 0.4) is 0 Å². The van der Waals surface area contributed by atoms with E-state index in [9.17, 15) is 18.7 Å². The zero-order valence-electron chi connectivity index (χ0n) is 10.4. The van der Waals surface area contributed by atoms with Gasteiger partial charge >= 0.3 is 0 Å². The lowest BCUT2D eigenvalue weighted by atomic mass is 9.67. The van der Waals surface area contributed by atoms with Crippen molar-refractivity contribution in [2.75, 3.05) is 0 Å². The van der Waals surface area contributed by atoms with Crippen LogP contribution in [0.1, 0.15) is 30.7 Å². The minimum Gasteiger partial charge on any atom is -0.383 e. The topological polar surface area (TPSA) is 37.3 Å². The largest absolute Gasteiger partial charge is 0.383 e. The molecule has 0 saturated heterocycles. The number of carbonyl (C=O) groups is 1. The van der Waals surface area contributed by atoms with Crippen molar-refractivity contribution >= 4 is 5.78 Å². The molecule has 0 radical (unpaired) electrons. The molecule has 19 heavy (non-hydrogen) atoms. The first kappa shape index (κ1) is 12.7. The molecular formula is C15H16F2O2. The van der Waals surface area contributed by atoms with Gasteiger partial charge in [-0.25, -0.2) is 8.78 Å².